The number of carbonyl (C=O) groups is 1. The van der Waals surface area contributed by atoms with Crippen LogP contribution >= 0.6 is 15.9 Å². The Hall–Kier alpha value is -1.58. The number of carbonyl (C=O) groups excluding carboxylic acids is 1. The number of aromatic hydroxyl groups is 1. The van der Waals surface area contributed by atoms with Crippen LogP contribution in [0.15, 0.2) is 22.7 Å². The van der Waals surface area contributed by atoms with Crippen LogP contribution in [0.5, 0.6) is 5.75 Å². The van der Waals surface area contributed by atoms with E-state index >= 15 is 0 Å². The van der Waals surface area contributed by atoms with Crippen molar-refractivity contribution in [3.05, 3.63) is 28.2 Å². The van der Waals surface area contributed by atoms with Gasteiger partial charge >= 0.3 is 0 Å². The molecule has 0 atom stereocenters. The lowest BCUT2D eigenvalue weighted by atomic mass is 9.89. The molecule has 1 saturated heterocycles. The number of phenolic OH excluding ortho intramolecular Hbond substituents is 1. The van der Waals surface area contributed by atoms with Crippen molar-refractivity contribution in [2.75, 3.05) is 20.1 Å². The molecule has 1 amide bonds. The molecule has 1 aliphatic heterocycles. The van der Waals surface area contributed by atoms with Gasteiger partial charge in [-0.15, -0.1) is 0 Å². The summed E-state index contributed by atoms with van der Waals surface area (Å²) in [6.07, 6.45) is 1.17. The van der Waals surface area contributed by atoms with Crippen LogP contribution in [0.4, 0.5) is 0 Å². The van der Waals surface area contributed by atoms with Crippen LogP contribution < -0.4 is 5.32 Å². The second-order valence-electron chi connectivity index (χ2n) is 5.11. The lowest BCUT2D eigenvalue weighted by molar-refractivity contribution is 0.0879. The van der Waals surface area contributed by atoms with Crippen molar-refractivity contribution in [1.29, 1.82) is 5.26 Å². The zero-order valence-electron chi connectivity index (χ0n) is 11.2. The van der Waals surface area contributed by atoms with Gasteiger partial charge in [0.05, 0.1) is 11.6 Å². The molecule has 0 aromatic heterocycles. The van der Waals surface area contributed by atoms with Gasteiger partial charge in [-0.1, -0.05) is 15.9 Å². The molecule has 0 saturated carbocycles. The summed E-state index contributed by atoms with van der Waals surface area (Å²) in [6, 6.07) is 6.90. The zero-order chi connectivity index (χ0) is 14.8. The maximum absolute atomic E-state index is 12.2. The second kappa shape index (κ2) is 5.81. The topological polar surface area (TPSA) is 76.4 Å². The molecule has 0 radical (unpaired) electrons. The molecule has 0 aliphatic carbocycles. The van der Waals surface area contributed by atoms with E-state index in [1.165, 1.54) is 12.1 Å². The monoisotopic (exact) mass is 337 g/mol. The van der Waals surface area contributed by atoms with Gasteiger partial charge in [-0.05, 0) is 38.1 Å². The summed E-state index contributed by atoms with van der Waals surface area (Å²) in [7, 11) is 1.99. The Morgan fingerprint density at radius 2 is 2.15 bits per heavy atom. The average molecular weight is 338 g/mol. The van der Waals surface area contributed by atoms with Crippen molar-refractivity contribution in [2.24, 2.45) is 0 Å². The van der Waals surface area contributed by atoms with Crippen LogP contribution in [0.25, 0.3) is 0 Å². The van der Waals surface area contributed by atoms with E-state index in [-0.39, 0.29) is 11.3 Å². The third-order valence-electron chi connectivity index (χ3n) is 3.61. The Morgan fingerprint density at radius 1 is 1.50 bits per heavy atom. The zero-order valence-corrected chi connectivity index (χ0v) is 12.8. The highest BCUT2D eigenvalue weighted by atomic mass is 79.9. The Bertz CT molecular complexity index is 560. The number of amides is 1. The summed E-state index contributed by atoms with van der Waals surface area (Å²) in [5.41, 5.74) is -0.662. The number of likely N-dealkylation sites (tertiary alicyclic amines) is 1. The van der Waals surface area contributed by atoms with Gasteiger partial charge in [0.25, 0.3) is 5.91 Å². The molecule has 1 heterocycles. The smallest absolute Gasteiger partial charge is 0.256 e. The van der Waals surface area contributed by atoms with E-state index in [0.717, 1.165) is 13.1 Å². The molecule has 1 aromatic carbocycles. The van der Waals surface area contributed by atoms with Crippen LogP contribution in [-0.2, 0) is 0 Å². The normalized spacial score (nSPS) is 18.2. The molecular weight excluding hydrogens is 322 g/mol. The van der Waals surface area contributed by atoms with Crippen molar-refractivity contribution >= 4 is 21.8 Å². The van der Waals surface area contributed by atoms with Crippen molar-refractivity contribution in [3.8, 4) is 11.8 Å². The summed E-state index contributed by atoms with van der Waals surface area (Å²) < 4.78 is 0.695. The summed E-state index contributed by atoms with van der Waals surface area (Å²) >= 11 is 3.23. The van der Waals surface area contributed by atoms with Crippen molar-refractivity contribution < 1.29 is 9.90 Å². The number of hydrogen-bond donors (Lipinski definition) is 2. The fourth-order valence-corrected chi connectivity index (χ4v) is 2.60. The van der Waals surface area contributed by atoms with Crippen LogP contribution in [0, 0.1) is 11.3 Å². The summed E-state index contributed by atoms with van der Waals surface area (Å²) in [5.74, 6) is -0.515. The molecule has 106 valence electrons. The number of phenols is 1. The van der Waals surface area contributed by atoms with Gasteiger partial charge in [-0.2, -0.15) is 5.26 Å². The van der Waals surface area contributed by atoms with Gasteiger partial charge in [0.1, 0.15) is 11.3 Å². The van der Waals surface area contributed by atoms with Crippen molar-refractivity contribution in [3.63, 3.8) is 0 Å². The third-order valence-corrected chi connectivity index (χ3v) is 4.11. The van der Waals surface area contributed by atoms with E-state index in [4.69, 9.17) is 0 Å². The lowest BCUT2D eigenvalue weighted by Crippen LogP contribution is -2.53. The van der Waals surface area contributed by atoms with E-state index in [9.17, 15) is 15.2 Å². The first-order chi connectivity index (χ1) is 9.46. The van der Waals surface area contributed by atoms with Crippen LogP contribution in [-0.4, -0.2) is 41.6 Å². The highest BCUT2D eigenvalue weighted by Gasteiger charge is 2.35. The fourth-order valence-electron chi connectivity index (χ4n) is 2.25. The maximum atomic E-state index is 12.2. The minimum Gasteiger partial charge on any atom is -0.507 e. The van der Waals surface area contributed by atoms with Gasteiger partial charge < -0.3 is 15.3 Å². The number of hydrogen-bond acceptors (Lipinski definition) is 4. The van der Waals surface area contributed by atoms with Gasteiger partial charge in [-0.3, -0.25) is 4.79 Å². The third kappa shape index (κ3) is 3.11. The molecular formula is C14H16BrN3O2. The highest BCUT2D eigenvalue weighted by molar-refractivity contribution is 9.10. The Labute approximate surface area is 126 Å². The first-order valence-corrected chi connectivity index (χ1v) is 7.16. The Balaban J connectivity index is 2.16. The van der Waals surface area contributed by atoms with Gasteiger partial charge in [0.2, 0.25) is 0 Å². The van der Waals surface area contributed by atoms with Crippen LogP contribution in [0.3, 0.4) is 0 Å². The number of halogens is 1. The first-order valence-electron chi connectivity index (χ1n) is 6.37. The predicted octanol–water partition coefficient (Wildman–Crippen LogP) is 1.87. The van der Waals surface area contributed by atoms with Gasteiger partial charge in [-0.25, -0.2) is 0 Å². The largest absolute Gasteiger partial charge is 0.507 e. The number of benzene rings is 1. The number of piperidine rings is 1. The predicted molar refractivity (Wildman–Crippen MR) is 78.3 cm³/mol. The Morgan fingerprint density at radius 3 is 2.70 bits per heavy atom. The van der Waals surface area contributed by atoms with Crippen molar-refractivity contribution in [2.45, 2.75) is 18.4 Å². The fraction of sp³-hybridized carbons (Fsp3) is 0.429. The summed E-state index contributed by atoms with van der Waals surface area (Å²) in [5, 5.41) is 22.0. The van der Waals surface area contributed by atoms with Crippen molar-refractivity contribution in [1.82, 2.24) is 10.2 Å². The summed E-state index contributed by atoms with van der Waals surface area (Å²) in [6.45, 7) is 1.53. The van der Waals surface area contributed by atoms with E-state index in [1.807, 2.05) is 7.05 Å². The van der Waals surface area contributed by atoms with E-state index < -0.39 is 11.4 Å². The minimum absolute atomic E-state index is 0.0992. The van der Waals surface area contributed by atoms with E-state index in [2.05, 4.69) is 32.2 Å². The number of nitrogens with one attached hydrogen (secondary N) is 1. The standard InChI is InChI=1S/C14H16BrN3O2/c1-18-6-4-14(9-16,5-7-18)17-13(20)11-3-2-10(15)8-12(11)19/h2-3,8,19H,4-7H2,1H3,(H,17,20). The second-order valence-corrected chi connectivity index (χ2v) is 6.03. The molecule has 1 fully saturated rings. The van der Waals surface area contributed by atoms with E-state index in [0.29, 0.717) is 17.3 Å². The minimum atomic E-state index is -0.844. The number of rotatable bonds is 2. The molecule has 0 unspecified atom stereocenters. The quantitative estimate of drug-likeness (QED) is 0.863. The molecule has 20 heavy (non-hydrogen) atoms. The maximum Gasteiger partial charge on any atom is 0.256 e. The Kier molecular flexibility index (Phi) is 4.31. The van der Waals surface area contributed by atoms with Crippen LogP contribution in [0.1, 0.15) is 23.2 Å². The molecule has 2 N–H and O–H groups in total. The lowest BCUT2D eigenvalue weighted by Gasteiger charge is -2.36. The van der Waals surface area contributed by atoms with Crippen LogP contribution in [0.2, 0.25) is 0 Å². The summed E-state index contributed by atoms with van der Waals surface area (Å²) in [4.78, 5) is 14.4. The first kappa shape index (κ1) is 14.8. The molecule has 0 spiro atoms. The molecule has 5 nitrogen and oxygen atoms in total. The van der Waals surface area contributed by atoms with Gasteiger partial charge in [0.15, 0.2) is 0 Å². The van der Waals surface area contributed by atoms with E-state index in [1.54, 1.807) is 6.07 Å². The molecule has 0 bridgehead atoms. The highest BCUT2D eigenvalue weighted by Crippen LogP contribution is 2.25. The number of nitriles is 1. The average Bonchev–Trinajstić information content (AvgIpc) is 2.41. The molecule has 1 aliphatic rings. The molecule has 1 aromatic rings. The SMILES string of the molecule is CN1CCC(C#N)(NC(=O)c2ccc(Br)cc2O)CC1. The molecule has 2 rings (SSSR count). The number of nitrogens with zero attached hydrogens (tertiary/aromatic N) is 2. The van der Waals surface area contributed by atoms with Gasteiger partial charge in [0, 0.05) is 17.6 Å². The molecule has 6 heteroatoms.